The summed E-state index contributed by atoms with van der Waals surface area (Å²) >= 11 is 0. The molecule has 2 aromatic heterocycles. The molecule has 8 nitrogen and oxygen atoms in total. The summed E-state index contributed by atoms with van der Waals surface area (Å²) < 4.78 is 0. The number of benzene rings is 1. The van der Waals surface area contributed by atoms with Crippen molar-refractivity contribution < 1.29 is 4.79 Å². The van der Waals surface area contributed by atoms with Crippen LogP contribution in [0.4, 0.5) is 5.82 Å². The van der Waals surface area contributed by atoms with Crippen LogP contribution in [0.1, 0.15) is 49.3 Å². The van der Waals surface area contributed by atoms with E-state index in [4.69, 9.17) is 9.97 Å². The third-order valence-corrected chi connectivity index (χ3v) is 6.31. The molecule has 1 aliphatic heterocycles. The molecule has 1 atom stereocenters. The molecule has 2 aliphatic rings. The number of carbonyl (C=O) groups excluding carboxylic acids is 1. The Kier molecular flexibility index (Phi) is 5.36. The minimum Gasteiger partial charge on any atom is -0.356 e. The number of aromatic nitrogens is 5. The highest BCUT2D eigenvalue weighted by atomic mass is 16.2. The van der Waals surface area contributed by atoms with Gasteiger partial charge in [-0.15, -0.1) is 0 Å². The minimum absolute atomic E-state index is 0.00472. The maximum atomic E-state index is 12.8. The summed E-state index contributed by atoms with van der Waals surface area (Å²) in [6, 6.07) is 10.0. The number of H-pyrrole nitrogens is 1. The first kappa shape index (κ1) is 19.7. The third-order valence-electron chi connectivity index (χ3n) is 6.31. The van der Waals surface area contributed by atoms with Crippen LogP contribution in [0.15, 0.2) is 36.7 Å². The van der Waals surface area contributed by atoms with E-state index in [0.717, 1.165) is 62.4 Å². The lowest BCUT2D eigenvalue weighted by Crippen LogP contribution is -2.42. The van der Waals surface area contributed by atoms with Crippen LogP contribution in [0.5, 0.6) is 0 Å². The molecule has 0 radical (unpaired) electrons. The molecule has 0 spiro atoms. The number of hydrogen-bond donors (Lipinski definition) is 2. The van der Waals surface area contributed by atoms with Gasteiger partial charge in [0.1, 0.15) is 18.0 Å². The van der Waals surface area contributed by atoms with Crippen LogP contribution < -0.4 is 10.2 Å². The van der Waals surface area contributed by atoms with Crippen molar-refractivity contribution in [3.05, 3.63) is 53.7 Å². The van der Waals surface area contributed by atoms with Crippen molar-refractivity contribution in [3.63, 3.8) is 0 Å². The molecule has 1 fully saturated rings. The number of nitrogens with one attached hydrogen (secondary N) is 2. The normalized spacial score (nSPS) is 17.4. The van der Waals surface area contributed by atoms with E-state index in [1.54, 1.807) is 0 Å². The van der Waals surface area contributed by atoms with Gasteiger partial charge in [0.05, 0.1) is 6.04 Å². The SMILES string of the molecule is C[C@@H](NC(=O)C1CCN(c2nc(-c3ccccc3)nc3c2CCC3)CC1)c1ncn[nH]1. The number of amides is 1. The second-order valence-electron chi connectivity index (χ2n) is 8.38. The minimum atomic E-state index is -0.174. The molecule has 5 rings (SSSR count). The van der Waals surface area contributed by atoms with Gasteiger partial charge in [-0.2, -0.15) is 5.10 Å². The molecule has 8 heteroatoms. The fourth-order valence-electron chi connectivity index (χ4n) is 4.57. The number of nitrogens with zero attached hydrogens (tertiary/aromatic N) is 5. The summed E-state index contributed by atoms with van der Waals surface area (Å²) in [4.78, 5) is 29.1. The summed E-state index contributed by atoms with van der Waals surface area (Å²) in [6.45, 7) is 3.57. The van der Waals surface area contributed by atoms with E-state index < -0.39 is 0 Å². The molecule has 1 saturated heterocycles. The van der Waals surface area contributed by atoms with E-state index in [9.17, 15) is 4.79 Å². The highest BCUT2D eigenvalue weighted by Gasteiger charge is 2.30. The lowest BCUT2D eigenvalue weighted by Gasteiger charge is -2.33. The Morgan fingerprint density at radius 1 is 1.16 bits per heavy atom. The monoisotopic (exact) mass is 417 g/mol. The van der Waals surface area contributed by atoms with Gasteiger partial charge in [0.25, 0.3) is 0 Å². The molecule has 160 valence electrons. The van der Waals surface area contributed by atoms with Gasteiger partial charge in [-0.3, -0.25) is 9.89 Å². The average molecular weight is 418 g/mol. The number of carbonyl (C=O) groups is 1. The smallest absolute Gasteiger partial charge is 0.223 e. The molecule has 0 saturated carbocycles. The van der Waals surface area contributed by atoms with Crippen LogP contribution in [0.2, 0.25) is 0 Å². The predicted molar refractivity (Wildman–Crippen MR) is 117 cm³/mol. The van der Waals surface area contributed by atoms with Crippen molar-refractivity contribution in [1.82, 2.24) is 30.5 Å². The molecule has 3 heterocycles. The van der Waals surface area contributed by atoms with Crippen molar-refractivity contribution in [1.29, 1.82) is 0 Å². The third kappa shape index (κ3) is 4.02. The van der Waals surface area contributed by atoms with E-state index in [2.05, 4.69) is 37.5 Å². The number of rotatable bonds is 5. The van der Waals surface area contributed by atoms with Crippen LogP contribution >= 0.6 is 0 Å². The van der Waals surface area contributed by atoms with Crippen LogP contribution in [-0.2, 0) is 17.6 Å². The highest BCUT2D eigenvalue weighted by molar-refractivity contribution is 5.79. The van der Waals surface area contributed by atoms with Crippen molar-refractivity contribution in [2.45, 2.75) is 45.1 Å². The molecule has 3 aromatic rings. The summed E-state index contributed by atoms with van der Waals surface area (Å²) in [7, 11) is 0. The highest BCUT2D eigenvalue weighted by Crippen LogP contribution is 2.33. The van der Waals surface area contributed by atoms with Gasteiger partial charge in [0, 0.05) is 35.8 Å². The molecule has 1 aliphatic carbocycles. The van der Waals surface area contributed by atoms with Gasteiger partial charge in [-0.1, -0.05) is 30.3 Å². The number of aromatic amines is 1. The first-order valence-corrected chi connectivity index (χ1v) is 11.0. The number of piperidine rings is 1. The first-order chi connectivity index (χ1) is 15.2. The van der Waals surface area contributed by atoms with E-state index >= 15 is 0 Å². The van der Waals surface area contributed by atoms with Crippen molar-refractivity contribution >= 4 is 11.7 Å². The van der Waals surface area contributed by atoms with Gasteiger partial charge in [-0.05, 0) is 39.0 Å². The molecule has 1 aromatic carbocycles. The topological polar surface area (TPSA) is 99.7 Å². The van der Waals surface area contributed by atoms with E-state index in [0.29, 0.717) is 5.82 Å². The zero-order valence-corrected chi connectivity index (χ0v) is 17.7. The first-order valence-electron chi connectivity index (χ1n) is 11.0. The number of anilines is 1. The molecule has 2 N–H and O–H groups in total. The van der Waals surface area contributed by atoms with E-state index in [1.807, 2.05) is 25.1 Å². The number of fused-ring (bicyclic) bond motifs is 1. The number of aryl methyl sites for hydroxylation is 1. The second kappa shape index (κ2) is 8.45. The fraction of sp³-hybridized carbons (Fsp3) is 0.435. The molecule has 0 unspecified atom stereocenters. The van der Waals surface area contributed by atoms with Crippen LogP contribution in [-0.4, -0.2) is 44.1 Å². The quantitative estimate of drug-likeness (QED) is 0.662. The Balaban J connectivity index is 1.29. The Morgan fingerprint density at radius 3 is 2.71 bits per heavy atom. The van der Waals surface area contributed by atoms with Gasteiger partial charge < -0.3 is 10.2 Å². The molecule has 31 heavy (non-hydrogen) atoms. The predicted octanol–water partition coefficient (Wildman–Crippen LogP) is 2.84. The van der Waals surface area contributed by atoms with Crippen molar-refractivity contribution in [2.24, 2.45) is 5.92 Å². The number of hydrogen-bond acceptors (Lipinski definition) is 6. The molecule has 1 amide bonds. The summed E-state index contributed by atoms with van der Waals surface area (Å²) in [6.07, 6.45) is 6.27. The van der Waals surface area contributed by atoms with Crippen LogP contribution in [0, 0.1) is 5.92 Å². The van der Waals surface area contributed by atoms with Crippen LogP contribution in [0.25, 0.3) is 11.4 Å². The van der Waals surface area contributed by atoms with Gasteiger partial charge >= 0.3 is 0 Å². The van der Waals surface area contributed by atoms with Crippen molar-refractivity contribution in [3.8, 4) is 11.4 Å². The fourth-order valence-corrected chi connectivity index (χ4v) is 4.57. The lowest BCUT2D eigenvalue weighted by atomic mass is 9.95. The Bertz CT molecular complexity index is 1040. The average Bonchev–Trinajstić information content (AvgIpc) is 3.51. The molecule has 0 bridgehead atoms. The Labute approximate surface area is 181 Å². The lowest BCUT2D eigenvalue weighted by molar-refractivity contribution is -0.126. The zero-order valence-electron chi connectivity index (χ0n) is 17.7. The van der Waals surface area contributed by atoms with E-state index in [-0.39, 0.29) is 17.9 Å². The second-order valence-corrected chi connectivity index (χ2v) is 8.38. The summed E-state index contributed by atoms with van der Waals surface area (Å²) in [5.74, 6) is 2.63. The Morgan fingerprint density at radius 2 is 1.97 bits per heavy atom. The Hall–Kier alpha value is -3.29. The zero-order chi connectivity index (χ0) is 21.2. The van der Waals surface area contributed by atoms with Gasteiger partial charge in [0.2, 0.25) is 5.91 Å². The van der Waals surface area contributed by atoms with Crippen LogP contribution in [0.3, 0.4) is 0 Å². The molecular formula is C23H27N7O. The van der Waals surface area contributed by atoms with Crippen molar-refractivity contribution in [2.75, 3.05) is 18.0 Å². The maximum absolute atomic E-state index is 12.8. The standard InChI is InChI=1S/C23H27N7O/c1-15(20-24-14-25-29-20)26-23(31)17-10-12-30(13-11-17)22-18-8-5-9-19(18)27-21(28-22)16-6-3-2-4-7-16/h2-4,6-7,14-15,17H,5,8-13H2,1H3,(H,26,31)(H,24,25,29)/t15-/m1/s1. The maximum Gasteiger partial charge on any atom is 0.223 e. The largest absolute Gasteiger partial charge is 0.356 e. The van der Waals surface area contributed by atoms with E-state index in [1.165, 1.54) is 17.6 Å². The summed E-state index contributed by atoms with van der Waals surface area (Å²) in [5, 5.41) is 9.74. The summed E-state index contributed by atoms with van der Waals surface area (Å²) in [5.41, 5.74) is 3.53. The van der Waals surface area contributed by atoms with Gasteiger partial charge in [0.15, 0.2) is 5.82 Å². The van der Waals surface area contributed by atoms with Gasteiger partial charge in [-0.25, -0.2) is 15.0 Å². The molecular weight excluding hydrogens is 390 g/mol.